The van der Waals surface area contributed by atoms with Crippen LogP contribution in [0.5, 0.6) is 0 Å². The van der Waals surface area contributed by atoms with E-state index in [1.54, 1.807) is 0 Å². The number of aliphatic hydroxyl groups excluding tert-OH is 1. The predicted octanol–water partition coefficient (Wildman–Crippen LogP) is 0.735. The molecule has 0 aliphatic carbocycles. The second-order valence-electron chi connectivity index (χ2n) is 4.78. The lowest BCUT2D eigenvalue weighted by Crippen LogP contribution is -2.49. The van der Waals surface area contributed by atoms with Gasteiger partial charge in [0.25, 0.3) is 0 Å². The minimum absolute atomic E-state index is 0.109. The fourth-order valence-electron chi connectivity index (χ4n) is 2.41. The Balaban J connectivity index is 2.43. The van der Waals surface area contributed by atoms with E-state index >= 15 is 0 Å². The van der Waals surface area contributed by atoms with Crippen molar-refractivity contribution in [2.24, 2.45) is 11.7 Å². The van der Waals surface area contributed by atoms with Gasteiger partial charge in [-0.05, 0) is 31.6 Å². The molecule has 0 spiro atoms. The van der Waals surface area contributed by atoms with Crippen molar-refractivity contribution in [3.8, 4) is 0 Å². The molecule has 1 amide bonds. The first-order chi connectivity index (χ1) is 7.67. The van der Waals surface area contributed by atoms with Crippen molar-refractivity contribution >= 4 is 5.91 Å². The molecule has 3 N–H and O–H groups in total. The molecule has 0 bridgehead atoms. The van der Waals surface area contributed by atoms with E-state index < -0.39 is 0 Å². The molecule has 0 aromatic rings. The molecule has 1 aliphatic rings. The van der Waals surface area contributed by atoms with Crippen molar-refractivity contribution in [2.45, 2.75) is 45.1 Å². The molecular formula is C12H24N2O2. The molecule has 2 atom stereocenters. The van der Waals surface area contributed by atoms with Crippen molar-refractivity contribution in [1.29, 1.82) is 0 Å². The number of hydrogen-bond acceptors (Lipinski definition) is 3. The lowest BCUT2D eigenvalue weighted by molar-refractivity contribution is -0.133. The lowest BCUT2D eigenvalue weighted by Gasteiger charge is -2.36. The SMILES string of the molecule is CCCC(=O)N1CC(N)CC(CCCO)C1. The number of piperidine rings is 1. The molecule has 16 heavy (non-hydrogen) atoms. The fourth-order valence-corrected chi connectivity index (χ4v) is 2.41. The van der Waals surface area contributed by atoms with Crippen LogP contribution in [0.1, 0.15) is 39.0 Å². The van der Waals surface area contributed by atoms with E-state index in [1.165, 1.54) is 0 Å². The first kappa shape index (κ1) is 13.5. The number of carbonyl (C=O) groups excluding carboxylic acids is 1. The highest BCUT2D eigenvalue weighted by Gasteiger charge is 2.27. The van der Waals surface area contributed by atoms with Crippen LogP contribution >= 0.6 is 0 Å². The summed E-state index contributed by atoms with van der Waals surface area (Å²) in [7, 11) is 0. The Morgan fingerprint density at radius 1 is 1.50 bits per heavy atom. The summed E-state index contributed by atoms with van der Waals surface area (Å²) in [6.07, 6.45) is 4.29. The minimum atomic E-state index is 0.109. The molecule has 2 unspecified atom stereocenters. The van der Waals surface area contributed by atoms with Gasteiger partial charge in [0.2, 0.25) is 5.91 Å². The zero-order valence-corrected chi connectivity index (χ0v) is 10.2. The molecule has 1 fully saturated rings. The van der Waals surface area contributed by atoms with E-state index in [9.17, 15) is 4.79 Å². The molecule has 0 radical (unpaired) electrons. The monoisotopic (exact) mass is 228 g/mol. The average molecular weight is 228 g/mol. The van der Waals surface area contributed by atoms with Crippen LogP contribution in [-0.2, 0) is 4.79 Å². The first-order valence-electron chi connectivity index (χ1n) is 6.31. The third kappa shape index (κ3) is 4.10. The number of nitrogens with two attached hydrogens (primary N) is 1. The Bertz CT molecular complexity index is 221. The molecule has 0 saturated carbocycles. The number of nitrogens with zero attached hydrogens (tertiary/aromatic N) is 1. The Hall–Kier alpha value is -0.610. The number of hydrogen-bond donors (Lipinski definition) is 2. The number of rotatable bonds is 5. The summed E-state index contributed by atoms with van der Waals surface area (Å²) in [5.41, 5.74) is 5.96. The Morgan fingerprint density at radius 3 is 2.88 bits per heavy atom. The Morgan fingerprint density at radius 2 is 2.25 bits per heavy atom. The van der Waals surface area contributed by atoms with Crippen LogP contribution in [0.2, 0.25) is 0 Å². The van der Waals surface area contributed by atoms with Gasteiger partial charge in [-0.1, -0.05) is 6.92 Å². The van der Waals surface area contributed by atoms with Gasteiger partial charge in [0.05, 0.1) is 0 Å². The largest absolute Gasteiger partial charge is 0.396 e. The number of amides is 1. The summed E-state index contributed by atoms with van der Waals surface area (Å²) in [4.78, 5) is 13.7. The lowest BCUT2D eigenvalue weighted by atomic mass is 9.90. The summed E-state index contributed by atoms with van der Waals surface area (Å²) in [5.74, 6) is 0.698. The van der Waals surface area contributed by atoms with Gasteiger partial charge in [-0.15, -0.1) is 0 Å². The zero-order chi connectivity index (χ0) is 12.0. The van der Waals surface area contributed by atoms with Crippen molar-refractivity contribution < 1.29 is 9.90 Å². The van der Waals surface area contributed by atoms with Gasteiger partial charge in [0, 0.05) is 32.2 Å². The van der Waals surface area contributed by atoms with Gasteiger partial charge < -0.3 is 15.7 Å². The van der Waals surface area contributed by atoms with Crippen molar-refractivity contribution in [1.82, 2.24) is 4.90 Å². The standard InChI is InChI=1S/C12H24N2O2/c1-2-4-12(16)14-8-10(5-3-6-15)7-11(13)9-14/h10-11,15H,2-9,13H2,1H3. The van der Waals surface area contributed by atoms with E-state index in [4.69, 9.17) is 10.8 Å². The quantitative estimate of drug-likeness (QED) is 0.729. The smallest absolute Gasteiger partial charge is 0.222 e. The average Bonchev–Trinajstić information content (AvgIpc) is 2.26. The molecule has 1 saturated heterocycles. The third-order valence-electron chi connectivity index (χ3n) is 3.16. The second kappa shape index (κ2) is 6.86. The normalized spacial score (nSPS) is 25.8. The molecular weight excluding hydrogens is 204 g/mol. The van der Waals surface area contributed by atoms with Crippen molar-refractivity contribution in [3.63, 3.8) is 0 Å². The van der Waals surface area contributed by atoms with Crippen LogP contribution in [0.3, 0.4) is 0 Å². The maximum atomic E-state index is 11.8. The Kier molecular flexibility index (Phi) is 5.77. The molecule has 0 aromatic heterocycles. The third-order valence-corrected chi connectivity index (χ3v) is 3.16. The predicted molar refractivity (Wildman–Crippen MR) is 63.9 cm³/mol. The summed E-state index contributed by atoms with van der Waals surface area (Å²) < 4.78 is 0. The van der Waals surface area contributed by atoms with Gasteiger partial charge in [-0.25, -0.2) is 0 Å². The van der Waals surface area contributed by atoms with E-state index in [1.807, 2.05) is 11.8 Å². The molecule has 1 heterocycles. The maximum absolute atomic E-state index is 11.8. The van der Waals surface area contributed by atoms with Crippen LogP contribution in [0.4, 0.5) is 0 Å². The van der Waals surface area contributed by atoms with Gasteiger partial charge in [0.1, 0.15) is 0 Å². The van der Waals surface area contributed by atoms with Crippen LogP contribution < -0.4 is 5.73 Å². The molecule has 94 valence electrons. The van der Waals surface area contributed by atoms with Gasteiger partial charge in [-0.3, -0.25) is 4.79 Å². The van der Waals surface area contributed by atoms with E-state index in [0.29, 0.717) is 18.9 Å². The van der Waals surface area contributed by atoms with Gasteiger partial charge in [-0.2, -0.15) is 0 Å². The zero-order valence-electron chi connectivity index (χ0n) is 10.2. The highest BCUT2D eigenvalue weighted by Crippen LogP contribution is 2.21. The topological polar surface area (TPSA) is 66.6 Å². The summed E-state index contributed by atoms with van der Waals surface area (Å²) in [6.45, 7) is 3.78. The van der Waals surface area contributed by atoms with Crippen LogP contribution in [0.25, 0.3) is 0 Å². The summed E-state index contributed by atoms with van der Waals surface area (Å²) in [5, 5.41) is 8.81. The second-order valence-corrected chi connectivity index (χ2v) is 4.78. The molecule has 1 rings (SSSR count). The van der Waals surface area contributed by atoms with Crippen molar-refractivity contribution in [2.75, 3.05) is 19.7 Å². The number of aliphatic hydroxyl groups is 1. The molecule has 4 nitrogen and oxygen atoms in total. The fraction of sp³-hybridized carbons (Fsp3) is 0.917. The maximum Gasteiger partial charge on any atom is 0.222 e. The highest BCUT2D eigenvalue weighted by atomic mass is 16.2. The van der Waals surface area contributed by atoms with Crippen LogP contribution in [0, 0.1) is 5.92 Å². The summed E-state index contributed by atoms with van der Waals surface area (Å²) >= 11 is 0. The van der Waals surface area contributed by atoms with Gasteiger partial charge >= 0.3 is 0 Å². The highest BCUT2D eigenvalue weighted by molar-refractivity contribution is 5.76. The number of carbonyl (C=O) groups is 1. The summed E-state index contributed by atoms with van der Waals surface area (Å²) in [6, 6.07) is 0.109. The van der Waals surface area contributed by atoms with Gasteiger partial charge in [0.15, 0.2) is 0 Å². The van der Waals surface area contributed by atoms with Crippen LogP contribution in [0.15, 0.2) is 0 Å². The van der Waals surface area contributed by atoms with E-state index in [0.717, 1.165) is 32.2 Å². The molecule has 4 heteroatoms. The minimum Gasteiger partial charge on any atom is -0.396 e. The van der Waals surface area contributed by atoms with E-state index in [2.05, 4.69) is 0 Å². The van der Waals surface area contributed by atoms with E-state index in [-0.39, 0.29) is 18.6 Å². The first-order valence-corrected chi connectivity index (χ1v) is 6.31. The molecule has 0 aromatic carbocycles. The number of likely N-dealkylation sites (tertiary alicyclic amines) is 1. The Labute approximate surface area is 97.8 Å². The van der Waals surface area contributed by atoms with Crippen LogP contribution in [-0.4, -0.2) is 41.7 Å². The molecule has 1 aliphatic heterocycles. The van der Waals surface area contributed by atoms with Crippen molar-refractivity contribution in [3.05, 3.63) is 0 Å².